The number of benzene rings is 1. The normalized spacial score (nSPS) is 12.4. The van der Waals surface area contributed by atoms with E-state index in [2.05, 4.69) is 16.7 Å². The van der Waals surface area contributed by atoms with Gasteiger partial charge in [-0.2, -0.15) is 0 Å². The highest BCUT2D eigenvalue weighted by Crippen LogP contribution is 2.21. The lowest BCUT2D eigenvalue weighted by Gasteiger charge is -2.33. The Bertz CT molecular complexity index is 870. The summed E-state index contributed by atoms with van der Waals surface area (Å²) in [5, 5.41) is 0. The Kier molecular flexibility index (Phi) is 10.2. The second kappa shape index (κ2) is 12.6. The summed E-state index contributed by atoms with van der Waals surface area (Å²) in [7, 11) is 1.64. The van der Waals surface area contributed by atoms with Crippen LogP contribution in [0.5, 0.6) is 0 Å². The second-order valence-electron chi connectivity index (χ2n) is 9.94. The van der Waals surface area contributed by atoms with E-state index in [1.807, 2.05) is 71.1 Å². The van der Waals surface area contributed by atoms with Crippen molar-refractivity contribution >= 4 is 11.8 Å². The van der Waals surface area contributed by atoms with Crippen molar-refractivity contribution in [2.24, 2.45) is 5.41 Å². The Morgan fingerprint density at radius 1 is 1.06 bits per heavy atom. The Morgan fingerprint density at radius 3 is 2.36 bits per heavy atom. The number of ether oxygens (including phenoxy) is 1. The maximum atomic E-state index is 13.4. The fourth-order valence-corrected chi connectivity index (χ4v) is 3.73. The van der Waals surface area contributed by atoms with Crippen LogP contribution in [0.4, 0.5) is 0 Å². The van der Waals surface area contributed by atoms with Crippen molar-refractivity contribution < 1.29 is 14.3 Å². The van der Waals surface area contributed by atoms with E-state index in [4.69, 9.17) is 4.74 Å². The van der Waals surface area contributed by atoms with Crippen LogP contribution in [0, 0.1) is 5.41 Å². The average Bonchev–Trinajstić information content (AvgIpc) is 3.20. The second-order valence-corrected chi connectivity index (χ2v) is 9.94. The van der Waals surface area contributed by atoms with Crippen LogP contribution in [0.25, 0.3) is 0 Å². The van der Waals surface area contributed by atoms with Gasteiger partial charge in [0.1, 0.15) is 6.54 Å². The molecule has 0 saturated heterocycles. The molecule has 2 rings (SSSR count). The third-order valence-electron chi connectivity index (χ3n) is 5.82. The van der Waals surface area contributed by atoms with Crippen LogP contribution >= 0.6 is 0 Å². The molecule has 1 unspecified atom stereocenters. The number of amides is 2. The molecule has 182 valence electrons. The number of rotatable bonds is 12. The van der Waals surface area contributed by atoms with E-state index in [1.165, 1.54) is 5.56 Å². The molecule has 0 saturated carbocycles. The first-order valence-corrected chi connectivity index (χ1v) is 11.9. The van der Waals surface area contributed by atoms with E-state index in [1.54, 1.807) is 16.9 Å². The van der Waals surface area contributed by atoms with Crippen LogP contribution in [0.1, 0.15) is 58.7 Å². The van der Waals surface area contributed by atoms with Gasteiger partial charge in [0.15, 0.2) is 0 Å². The summed E-state index contributed by atoms with van der Waals surface area (Å²) in [5.41, 5.74) is 2.14. The highest BCUT2D eigenvalue weighted by Gasteiger charge is 2.28. The van der Waals surface area contributed by atoms with Gasteiger partial charge in [-0.3, -0.25) is 9.59 Å². The molecule has 6 heteroatoms. The molecule has 1 aromatic carbocycles. The molecule has 0 N–H and O–H groups in total. The number of hydrogen-bond donors (Lipinski definition) is 0. The number of hydrogen-bond acceptors (Lipinski definition) is 3. The van der Waals surface area contributed by atoms with Gasteiger partial charge in [0.2, 0.25) is 11.8 Å². The molecule has 1 atom stereocenters. The van der Waals surface area contributed by atoms with Gasteiger partial charge >= 0.3 is 0 Å². The topological polar surface area (TPSA) is 54.8 Å². The van der Waals surface area contributed by atoms with Crippen LogP contribution in [0.15, 0.2) is 48.7 Å². The Hall–Kier alpha value is -2.60. The Morgan fingerprint density at radius 2 is 1.76 bits per heavy atom. The van der Waals surface area contributed by atoms with Gasteiger partial charge < -0.3 is 19.1 Å². The molecule has 0 spiro atoms. The molecule has 33 heavy (non-hydrogen) atoms. The molecular formula is C27H41N3O3. The van der Waals surface area contributed by atoms with E-state index in [-0.39, 0.29) is 29.8 Å². The molecule has 6 nitrogen and oxygen atoms in total. The summed E-state index contributed by atoms with van der Waals surface area (Å²) in [6, 6.07) is 14.3. The fourth-order valence-electron chi connectivity index (χ4n) is 3.73. The largest absolute Gasteiger partial charge is 0.383 e. The van der Waals surface area contributed by atoms with Crippen LogP contribution in [-0.2, 0) is 27.4 Å². The molecule has 0 bridgehead atoms. The third-order valence-corrected chi connectivity index (χ3v) is 5.82. The first-order valence-electron chi connectivity index (χ1n) is 11.9. The van der Waals surface area contributed by atoms with E-state index < -0.39 is 0 Å². The molecule has 2 amide bonds. The van der Waals surface area contributed by atoms with Crippen molar-refractivity contribution in [3.05, 3.63) is 59.9 Å². The lowest BCUT2D eigenvalue weighted by Crippen LogP contribution is -2.47. The van der Waals surface area contributed by atoms with Crippen LogP contribution in [-0.4, -0.2) is 59.0 Å². The van der Waals surface area contributed by atoms with Gasteiger partial charge in [-0.1, -0.05) is 58.0 Å². The standard InChI is InChI=1S/C27H41N3O3/c1-7-22(2)30(25(31)18-27(3,4)5)21-26(32)29(16-17-33-6)20-24-14-11-15-28(24)19-23-12-9-8-10-13-23/h8-15,22H,7,16-21H2,1-6H3. The molecule has 1 heterocycles. The highest BCUT2D eigenvalue weighted by molar-refractivity contribution is 5.85. The van der Waals surface area contributed by atoms with E-state index in [0.717, 1.165) is 18.7 Å². The van der Waals surface area contributed by atoms with Gasteiger partial charge in [0.25, 0.3) is 0 Å². The zero-order chi connectivity index (χ0) is 24.4. The number of carbonyl (C=O) groups excluding carboxylic acids is 2. The van der Waals surface area contributed by atoms with E-state index in [0.29, 0.717) is 26.1 Å². The number of aromatic nitrogens is 1. The van der Waals surface area contributed by atoms with Crippen molar-refractivity contribution in [2.75, 3.05) is 26.8 Å². The molecule has 0 aliphatic heterocycles. The lowest BCUT2D eigenvalue weighted by molar-refractivity contribution is -0.144. The predicted molar refractivity (Wildman–Crippen MR) is 133 cm³/mol. The summed E-state index contributed by atoms with van der Waals surface area (Å²) < 4.78 is 7.44. The molecule has 0 aliphatic carbocycles. The van der Waals surface area contributed by atoms with Gasteiger partial charge in [-0.25, -0.2) is 0 Å². The average molecular weight is 456 g/mol. The minimum absolute atomic E-state index is 0.00928. The van der Waals surface area contributed by atoms with Gasteiger partial charge in [0, 0.05) is 44.6 Å². The number of nitrogens with zero attached hydrogens (tertiary/aromatic N) is 3. The van der Waals surface area contributed by atoms with Crippen molar-refractivity contribution in [3.63, 3.8) is 0 Å². The van der Waals surface area contributed by atoms with E-state index >= 15 is 0 Å². The minimum Gasteiger partial charge on any atom is -0.383 e. The summed E-state index contributed by atoms with van der Waals surface area (Å²) in [6.07, 6.45) is 3.27. The summed E-state index contributed by atoms with van der Waals surface area (Å²) in [6.45, 7) is 12.4. The van der Waals surface area contributed by atoms with Crippen molar-refractivity contribution in [2.45, 2.75) is 66.6 Å². The number of carbonyl (C=O) groups is 2. The molecular weight excluding hydrogens is 414 g/mol. The Balaban J connectivity index is 2.17. The van der Waals surface area contributed by atoms with Gasteiger partial charge in [-0.05, 0) is 36.5 Å². The third kappa shape index (κ3) is 8.69. The van der Waals surface area contributed by atoms with Crippen LogP contribution in [0.2, 0.25) is 0 Å². The minimum atomic E-state index is -0.125. The SMILES string of the molecule is CCC(C)N(CC(=O)N(CCOC)Cc1cccn1Cc1ccccc1)C(=O)CC(C)(C)C. The predicted octanol–water partition coefficient (Wildman–Crippen LogP) is 4.57. The smallest absolute Gasteiger partial charge is 0.242 e. The van der Waals surface area contributed by atoms with Gasteiger partial charge in [0.05, 0.1) is 13.2 Å². The van der Waals surface area contributed by atoms with Crippen molar-refractivity contribution in [1.29, 1.82) is 0 Å². The fraction of sp³-hybridized carbons (Fsp3) is 0.556. The zero-order valence-electron chi connectivity index (χ0n) is 21.2. The molecule has 2 aromatic rings. The summed E-state index contributed by atoms with van der Waals surface area (Å²) in [5.74, 6) is -0.0218. The molecule has 0 radical (unpaired) electrons. The summed E-state index contributed by atoms with van der Waals surface area (Å²) in [4.78, 5) is 30.0. The van der Waals surface area contributed by atoms with Crippen LogP contribution in [0.3, 0.4) is 0 Å². The number of methoxy groups -OCH3 is 1. The quantitative estimate of drug-likeness (QED) is 0.471. The van der Waals surface area contributed by atoms with Crippen molar-refractivity contribution in [1.82, 2.24) is 14.4 Å². The zero-order valence-corrected chi connectivity index (χ0v) is 21.2. The molecule has 0 fully saturated rings. The lowest BCUT2D eigenvalue weighted by atomic mass is 9.91. The van der Waals surface area contributed by atoms with Crippen molar-refractivity contribution in [3.8, 4) is 0 Å². The first kappa shape index (κ1) is 26.7. The molecule has 1 aromatic heterocycles. The first-order chi connectivity index (χ1) is 15.6. The Labute approximate surface area is 199 Å². The monoisotopic (exact) mass is 455 g/mol. The van der Waals surface area contributed by atoms with Gasteiger partial charge in [-0.15, -0.1) is 0 Å². The maximum absolute atomic E-state index is 13.4. The maximum Gasteiger partial charge on any atom is 0.242 e. The highest BCUT2D eigenvalue weighted by atomic mass is 16.5. The molecule has 0 aliphatic rings. The summed E-state index contributed by atoms with van der Waals surface area (Å²) >= 11 is 0. The van der Waals surface area contributed by atoms with E-state index in [9.17, 15) is 9.59 Å². The van der Waals surface area contributed by atoms with Crippen LogP contribution < -0.4 is 0 Å².